The van der Waals surface area contributed by atoms with E-state index in [1.165, 1.54) is 0 Å². The first-order valence-electron chi connectivity index (χ1n) is 5.12. The highest BCUT2D eigenvalue weighted by Gasteiger charge is 1.98. The average Bonchev–Trinajstić information content (AvgIpc) is 2.30. The molecule has 0 aliphatic carbocycles. The third-order valence-corrected chi connectivity index (χ3v) is 2.41. The summed E-state index contributed by atoms with van der Waals surface area (Å²) in [6, 6.07) is 11.5. The zero-order valence-corrected chi connectivity index (χ0v) is 9.09. The number of aromatic hydroxyl groups is 1. The number of hydrogen-bond acceptors (Lipinski definition) is 2. The van der Waals surface area contributed by atoms with Gasteiger partial charge in [-0.3, -0.25) is 4.99 Å². The van der Waals surface area contributed by atoms with E-state index in [9.17, 15) is 5.11 Å². The third kappa shape index (κ3) is 2.11. The summed E-state index contributed by atoms with van der Waals surface area (Å²) < 4.78 is 0. The van der Waals surface area contributed by atoms with Crippen LogP contribution in [0.1, 0.15) is 5.56 Å². The van der Waals surface area contributed by atoms with Crippen LogP contribution in [0.15, 0.2) is 47.5 Å². The van der Waals surface area contributed by atoms with E-state index in [-0.39, 0.29) is 0 Å². The number of nitrogens with zero attached hydrogens (tertiary/aromatic N) is 1. The van der Waals surface area contributed by atoms with Gasteiger partial charge in [-0.15, -0.1) is 0 Å². The highest BCUT2D eigenvalue weighted by molar-refractivity contribution is 5.90. The molecule has 0 heterocycles. The molecule has 0 atom stereocenters. The Morgan fingerprint density at radius 3 is 2.88 bits per heavy atom. The van der Waals surface area contributed by atoms with E-state index in [0.717, 1.165) is 16.3 Å². The Hall–Kier alpha value is -2.09. The molecular formula is C14H13NO. The minimum absolute atomic E-state index is 0.317. The van der Waals surface area contributed by atoms with Gasteiger partial charge in [0, 0.05) is 18.6 Å². The maximum atomic E-state index is 9.72. The predicted molar refractivity (Wildman–Crippen MR) is 69.1 cm³/mol. The number of aliphatic imine (C=N–C) groups is 1. The average molecular weight is 211 g/mol. The van der Waals surface area contributed by atoms with Crippen LogP contribution in [-0.2, 0) is 0 Å². The molecule has 16 heavy (non-hydrogen) atoms. The second-order valence-corrected chi connectivity index (χ2v) is 3.52. The van der Waals surface area contributed by atoms with E-state index in [0.29, 0.717) is 5.75 Å². The van der Waals surface area contributed by atoms with Crippen LogP contribution >= 0.6 is 0 Å². The molecule has 0 amide bonds. The fourth-order valence-electron chi connectivity index (χ4n) is 1.62. The zero-order chi connectivity index (χ0) is 11.4. The summed E-state index contributed by atoms with van der Waals surface area (Å²) in [5.74, 6) is 0.317. The molecule has 0 saturated carbocycles. The van der Waals surface area contributed by atoms with Crippen molar-refractivity contribution in [3.63, 3.8) is 0 Å². The Morgan fingerprint density at radius 1 is 1.19 bits per heavy atom. The predicted octanol–water partition coefficient (Wildman–Crippen LogP) is 3.26. The van der Waals surface area contributed by atoms with Crippen molar-refractivity contribution in [2.24, 2.45) is 4.99 Å². The molecule has 2 aromatic rings. The normalized spacial score (nSPS) is 11.8. The number of phenols is 1. The summed E-state index contributed by atoms with van der Waals surface area (Å²) in [5, 5.41) is 11.6. The monoisotopic (exact) mass is 211 g/mol. The van der Waals surface area contributed by atoms with Crippen molar-refractivity contribution in [2.75, 3.05) is 7.05 Å². The van der Waals surface area contributed by atoms with E-state index in [1.54, 1.807) is 19.3 Å². The Labute approximate surface area is 94.6 Å². The molecule has 1 N–H and O–H groups in total. The molecule has 80 valence electrons. The van der Waals surface area contributed by atoms with Crippen molar-refractivity contribution in [3.8, 4) is 5.75 Å². The maximum Gasteiger partial charge on any atom is 0.123 e. The van der Waals surface area contributed by atoms with Crippen molar-refractivity contribution >= 4 is 23.1 Å². The van der Waals surface area contributed by atoms with E-state index in [2.05, 4.69) is 4.99 Å². The first-order valence-corrected chi connectivity index (χ1v) is 5.12. The fraction of sp³-hybridized carbons (Fsp3) is 0.0714. The number of hydrogen-bond donors (Lipinski definition) is 1. The van der Waals surface area contributed by atoms with Gasteiger partial charge in [0.25, 0.3) is 0 Å². The Morgan fingerprint density at radius 2 is 2.06 bits per heavy atom. The van der Waals surface area contributed by atoms with Crippen molar-refractivity contribution in [1.82, 2.24) is 0 Å². The van der Waals surface area contributed by atoms with E-state index in [4.69, 9.17) is 0 Å². The standard InChI is InChI=1S/C14H13NO/c1-15-9-3-4-11-7-8-12-5-2-6-14(16)13(12)10-11/h2-10,16H,1H3/b4-3-,15-9?. The molecule has 2 aromatic carbocycles. The second-order valence-electron chi connectivity index (χ2n) is 3.52. The minimum atomic E-state index is 0.317. The summed E-state index contributed by atoms with van der Waals surface area (Å²) in [6.45, 7) is 0. The van der Waals surface area contributed by atoms with Crippen LogP contribution in [0.25, 0.3) is 16.8 Å². The van der Waals surface area contributed by atoms with Gasteiger partial charge in [0.2, 0.25) is 0 Å². The Kier molecular flexibility index (Phi) is 3.01. The van der Waals surface area contributed by atoms with Gasteiger partial charge >= 0.3 is 0 Å². The van der Waals surface area contributed by atoms with Gasteiger partial charge < -0.3 is 5.11 Å². The number of benzene rings is 2. The van der Waals surface area contributed by atoms with Gasteiger partial charge in [-0.1, -0.05) is 30.3 Å². The molecule has 0 aliphatic rings. The van der Waals surface area contributed by atoms with Crippen molar-refractivity contribution in [1.29, 1.82) is 0 Å². The quantitative estimate of drug-likeness (QED) is 0.760. The molecule has 0 spiro atoms. The molecule has 0 unspecified atom stereocenters. The van der Waals surface area contributed by atoms with Gasteiger partial charge in [-0.05, 0) is 29.2 Å². The lowest BCUT2D eigenvalue weighted by atomic mass is 10.1. The minimum Gasteiger partial charge on any atom is -0.507 e. The van der Waals surface area contributed by atoms with Crippen molar-refractivity contribution in [2.45, 2.75) is 0 Å². The summed E-state index contributed by atoms with van der Waals surface area (Å²) >= 11 is 0. The molecule has 2 heteroatoms. The highest BCUT2D eigenvalue weighted by Crippen LogP contribution is 2.25. The van der Waals surface area contributed by atoms with E-state index in [1.807, 2.05) is 42.5 Å². The smallest absolute Gasteiger partial charge is 0.123 e. The maximum absolute atomic E-state index is 9.72. The van der Waals surface area contributed by atoms with Crippen molar-refractivity contribution < 1.29 is 5.11 Å². The largest absolute Gasteiger partial charge is 0.507 e. The van der Waals surface area contributed by atoms with Gasteiger partial charge in [-0.25, -0.2) is 0 Å². The summed E-state index contributed by atoms with van der Waals surface area (Å²) in [7, 11) is 1.73. The molecule has 0 aromatic heterocycles. The number of fused-ring (bicyclic) bond motifs is 1. The van der Waals surface area contributed by atoms with Gasteiger partial charge in [0.05, 0.1) is 0 Å². The first kappa shape index (κ1) is 10.4. The Bertz CT molecular complexity index is 556. The molecule has 0 saturated heterocycles. The number of phenolic OH excluding ortho intramolecular Hbond substituents is 1. The van der Waals surface area contributed by atoms with Crippen molar-refractivity contribution in [3.05, 3.63) is 48.0 Å². The van der Waals surface area contributed by atoms with Gasteiger partial charge in [0.15, 0.2) is 0 Å². The second kappa shape index (κ2) is 4.62. The molecular weight excluding hydrogens is 198 g/mol. The lowest BCUT2D eigenvalue weighted by molar-refractivity contribution is 0.481. The Balaban J connectivity index is 2.47. The zero-order valence-electron chi connectivity index (χ0n) is 9.09. The SMILES string of the molecule is CN=C/C=C\c1ccc2cccc(O)c2c1. The fourth-order valence-corrected chi connectivity index (χ4v) is 1.62. The van der Waals surface area contributed by atoms with Crippen LogP contribution in [0, 0.1) is 0 Å². The summed E-state index contributed by atoms with van der Waals surface area (Å²) in [5.41, 5.74) is 1.05. The molecule has 0 radical (unpaired) electrons. The number of rotatable bonds is 2. The van der Waals surface area contributed by atoms with E-state index >= 15 is 0 Å². The molecule has 0 aliphatic heterocycles. The summed E-state index contributed by atoms with van der Waals surface area (Å²) in [4.78, 5) is 3.87. The number of allylic oxidation sites excluding steroid dienone is 1. The van der Waals surface area contributed by atoms with E-state index < -0.39 is 0 Å². The first-order chi connectivity index (χ1) is 7.81. The van der Waals surface area contributed by atoms with Crippen LogP contribution in [-0.4, -0.2) is 18.4 Å². The molecule has 2 rings (SSSR count). The lowest BCUT2D eigenvalue weighted by Gasteiger charge is -2.01. The molecule has 0 fully saturated rings. The lowest BCUT2D eigenvalue weighted by Crippen LogP contribution is -1.77. The van der Waals surface area contributed by atoms with Crippen LogP contribution in [0.5, 0.6) is 5.75 Å². The highest BCUT2D eigenvalue weighted by atomic mass is 16.3. The van der Waals surface area contributed by atoms with Gasteiger partial charge in [-0.2, -0.15) is 0 Å². The van der Waals surface area contributed by atoms with Crippen LogP contribution in [0.2, 0.25) is 0 Å². The summed E-state index contributed by atoms with van der Waals surface area (Å²) in [6.07, 6.45) is 5.56. The molecule has 0 bridgehead atoms. The topological polar surface area (TPSA) is 32.6 Å². The van der Waals surface area contributed by atoms with Gasteiger partial charge in [0.1, 0.15) is 5.75 Å². The van der Waals surface area contributed by atoms with Crippen LogP contribution < -0.4 is 0 Å². The van der Waals surface area contributed by atoms with Crippen LogP contribution in [0.3, 0.4) is 0 Å². The third-order valence-electron chi connectivity index (χ3n) is 2.41. The van der Waals surface area contributed by atoms with Crippen LogP contribution in [0.4, 0.5) is 0 Å². The molecule has 2 nitrogen and oxygen atoms in total.